The van der Waals surface area contributed by atoms with Crippen molar-refractivity contribution < 1.29 is 4.79 Å². The molecule has 0 radical (unpaired) electrons. The summed E-state index contributed by atoms with van der Waals surface area (Å²) in [6, 6.07) is 0.607. The summed E-state index contributed by atoms with van der Waals surface area (Å²) in [5, 5.41) is 3.45. The lowest BCUT2D eigenvalue weighted by molar-refractivity contribution is -0.133. The lowest BCUT2D eigenvalue weighted by Gasteiger charge is -2.30. The molecule has 0 bridgehead atoms. The third-order valence-corrected chi connectivity index (χ3v) is 4.05. The fourth-order valence-electron chi connectivity index (χ4n) is 2.73. The first-order valence-corrected chi connectivity index (χ1v) is 6.86. The molecule has 1 N–H and O–H groups in total. The van der Waals surface area contributed by atoms with Crippen molar-refractivity contribution >= 4 is 5.91 Å². The Balaban J connectivity index is 1.57. The molecule has 1 amide bonds. The highest BCUT2D eigenvalue weighted by Crippen LogP contribution is 2.36. The minimum atomic E-state index is 0.400. The molecule has 1 heterocycles. The van der Waals surface area contributed by atoms with Crippen molar-refractivity contribution in [3.8, 4) is 0 Å². The number of carbonyl (C=O) groups excluding carboxylic acids is 1. The molecule has 0 aromatic heterocycles. The molecule has 0 spiro atoms. The summed E-state index contributed by atoms with van der Waals surface area (Å²) in [6.07, 6.45) is 7.36. The van der Waals surface area contributed by atoms with E-state index in [0.717, 1.165) is 32.5 Å². The average Bonchev–Trinajstić information content (AvgIpc) is 3.19. The van der Waals surface area contributed by atoms with Crippen LogP contribution in [0.15, 0.2) is 0 Å². The van der Waals surface area contributed by atoms with E-state index >= 15 is 0 Å². The van der Waals surface area contributed by atoms with E-state index in [1.165, 1.54) is 25.7 Å². The highest BCUT2D eigenvalue weighted by Gasteiger charge is 2.40. The Labute approximate surface area is 97.6 Å². The number of amides is 1. The molecule has 0 aromatic rings. The molecule has 3 nitrogen and oxygen atoms in total. The first kappa shape index (κ1) is 10.6. The quantitative estimate of drug-likeness (QED) is 0.779. The van der Waals surface area contributed by atoms with Crippen LogP contribution in [0.2, 0.25) is 0 Å². The van der Waals surface area contributed by atoms with Crippen molar-refractivity contribution in [3.05, 3.63) is 0 Å². The standard InChI is InChI=1S/C13H22N2O/c16-13(11-3-4-11)15(12-5-6-12)9-10-2-1-7-14-8-10/h10-12,14H,1-9H2. The summed E-state index contributed by atoms with van der Waals surface area (Å²) in [5.74, 6) is 1.57. The minimum Gasteiger partial charge on any atom is -0.339 e. The number of hydrogen-bond acceptors (Lipinski definition) is 2. The SMILES string of the molecule is O=C(C1CC1)N(CC1CCCNC1)C1CC1. The van der Waals surface area contributed by atoms with Crippen LogP contribution in [0.4, 0.5) is 0 Å². The maximum Gasteiger partial charge on any atom is 0.225 e. The van der Waals surface area contributed by atoms with Crippen molar-refractivity contribution in [2.24, 2.45) is 11.8 Å². The molecule has 2 saturated carbocycles. The molecule has 90 valence electrons. The number of rotatable bonds is 4. The van der Waals surface area contributed by atoms with Crippen LogP contribution >= 0.6 is 0 Å². The molecular formula is C13H22N2O. The van der Waals surface area contributed by atoms with Crippen molar-refractivity contribution in [2.45, 2.75) is 44.6 Å². The van der Waals surface area contributed by atoms with Gasteiger partial charge in [0.05, 0.1) is 0 Å². The Morgan fingerprint density at radius 3 is 2.56 bits per heavy atom. The van der Waals surface area contributed by atoms with Gasteiger partial charge in [-0.1, -0.05) is 0 Å². The third kappa shape index (κ3) is 2.40. The van der Waals surface area contributed by atoms with Gasteiger partial charge in [0.1, 0.15) is 0 Å². The molecule has 1 atom stereocenters. The molecular weight excluding hydrogens is 200 g/mol. The van der Waals surface area contributed by atoms with Gasteiger partial charge in [-0.05, 0) is 57.5 Å². The Morgan fingerprint density at radius 1 is 1.19 bits per heavy atom. The Bertz CT molecular complexity index is 265. The van der Waals surface area contributed by atoms with Crippen LogP contribution < -0.4 is 5.32 Å². The van der Waals surface area contributed by atoms with Crippen LogP contribution in [0.5, 0.6) is 0 Å². The molecule has 3 fully saturated rings. The van der Waals surface area contributed by atoms with Crippen molar-refractivity contribution in [3.63, 3.8) is 0 Å². The number of carbonyl (C=O) groups is 1. The van der Waals surface area contributed by atoms with Gasteiger partial charge in [-0.15, -0.1) is 0 Å². The summed E-state index contributed by atoms with van der Waals surface area (Å²) in [7, 11) is 0. The zero-order valence-electron chi connectivity index (χ0n) is 9.95. The highest BCUT2D eigenvalue weighted by atomic mass is 16.2. The molecule has 16 heavy (non-hydrogen) atoms. The predicted molar refractivity (Wildman–Crippen MR) is 63.1 cm³/mol. The van der Waals surface area contributed by atoms with Crippen LogP contribution in [-0.2, 0) is 4.79 Å². The summed E-state index contributed by atoms with van der Waals surface area (Å²) >= 11 is 0. The van der Waals surface area contributed by atoms with Gasteiger partial charge in [0.2, 0.25) is 5.91 Å². The van der Waals surface area contributed by atoms with E-state index in [9.17, 15) is 4.79 Å². The van der Waals surface area contributed by atoms with Crippen LogP contribution in [0.3, 0.4) is 0 Å². The van der Waals surface area contributed by atoms with E-state index in [-0.39, 0.29) is 0 Å². The van der Waals surface area contributed by atoms with Gasteiger partial charge in [0, 0.05) is 18.5 Å². The number of hydrogen-bond donors (Lipinski definition) is 1. The lowest BCUT2D eigenvalue weighted by atomic mass is 9.99. The summed E-state index contributed by atoms with van der Waals surface area (Å²) in [4.78, 5) is 14.4. The fraction of sp³-hybridized carbons (Fsp3) is 0.923. The molecule has 3 heteroatoms. The maximum atomic E-state index is 12.2. The topological polar surface area (TPSA) is 32.3 Å². The first-order valence-electron chi connectivity index (χ1n) is 6.86. The zero-order chi connectivity index (χ0) is 11.0. The molecule has 1 saturated heterocycles. The number of piperidine rings is 1. The third-order valence-electron chi connectivity index (χ3n) is 4.05. The summed E-state index contributed by atoms with van der Waals surface area (Å²) in [6.45, 7) is 3.30. The van der Waals surface area contributed by atoms with E-state index in [2.05, 4.69) is 10.2 Å². The molecule has 3 aliphatic rings. The predicted octanol–water partition coefficient (Wildman–Crippen LogP) is 1.39. The van der Waals surface area contributed by atoms with E-state index in [1.54, 1.807) is 0 Å². The Hall–Kier alpha value is -0.570. The first-order chi connectivity index (χ1) is 7.84. The minimum absolute atomic E-state index is 0.400. The van der Waals surface area contributed by atoms with Gasteiger partial charge in [0.25, 0.3) is 0 Å². The smallest absolute Gasteiger partial charge is 0.225 e. The Morgan fingerprint density at radius 2 is 2.00 bits per heavy atom. The summed E-state index contributed by atoms with van der Waals surface area (Å²) in [5.41, 5.74) is 0. The van der Waals surface area contributed by atoms with Crippen LogP contribution in [0.25, 0.3) is 0 Å². The molecule has 3 rings (SSSR count). The second-order valence-corrected chi connectivity index (χ2v) is 5.71. The molecule has 2 aliphatic carbocycles. The summed E-state index contributed by atoms with van der Waals surface area (Å²) < 4.78 is 0. The van der Waals surface area contributed by atoms with Crippen molar-refractivity contribution in [1.82, 2.24) is 10.2 Å². The van der Waals surface area contributed by atoms with Crippen LogP contribution in [0, 0.1) is 11.8 Å². The highest BCUT2D eigenvalue weighted by molar-refractivity contribution is 5.81. The van der Waals surface area contributed by atoms with E-state index in [1.807, 2.05) is 0 Å². The van der Waals surface area contributed by atoms with E-state index in [4.69, 9.17) is 0 Å². The van der Waals surface area contributed by atoms with E-state index in [0.29, 0.717) is 23.8 Å². The second kappa shape index (κ2) is 4.36. The van der Waals surface area contributed by atoms with Gasteiger partial charge in [-0.2, -0.15) is 0 Å². The number of nitrogens with zero attached hydrogens (tertiary/aromatic N) is 1. The lowest BCUT2D eigenvalue weighted by Crippen LogP contribution is -2.42. The maximum absolute atomic E-state index is 12.2. The van der Waals surface area contributed by atoms with Crippen molar-refractivity contribution in [1.29, 1.82) is 0 Å². The molecule has 1 unspecified atom stereocenters. The van der Waals surface area contributed by atoms with Crippen LogP contribution in [0.1, 0.15) is 38.5 Å². The largest absolute Gasteiger partial charge is 0.339 e. The van der Waals surface area contributed by atoms with Crippen molar-refractivity contribution in [2.75, 3.05) is 19.6 Å². The van der Waals surface area contributed by atoms with E-state index < -0.39 is 0 Å². The fourth-order valence-corrected chi connectivity index (χ4v) is 2.73. The zero-order valence-corrected chi connectivity index (χ0v) is 9.95. The van der Waals surface area contributed by atoms with Crippen LogP contribution in [-0.4, -0.2) is 36.5 Å². The van der Waals surface area contributed by atoms with Gasteiger partial charge < -0.3 is 10.2 Å². The Kier molecular flexibility index (Phi) is 2.88. The monoisotopic (exact) mass is 222 g/mol. The second-order valence-electron chi connectivity index (χ2n) is 5.71. The average molecular weight is 222 g/mol. The van der Waals surface area contributed by atoms with Gasteiger partial charge in [0.15, 0.2) is 0 Å². The van der Waals surface area contributed by atoms with Gasteiger partial charge in [-0.25, -0.2) is 0 Å². The normalized spacial score (nSPS) is 30.1. The number of nitrogens with one attached hydrogen (secondary N) is 1. The molecule has 0 aromatic carbocycles. The van der Waals surface area contributed by atoms with Gasteiger partial charge >= 0.3 is 0 Å². The van der Waals surface area contributed by atoms with Gasteiger partial charge in [-0.3, -0.25) is 4.79 Å². The molecule has 1 aliphatic heterocycles.